The van der Waals surface area contributed by atoms with Crippen LogP contribution in [0.5, 0.6) is 0 Å². The Morgan fingerprint density at radius 2 is 2.13 bits per heavy atom. The molecule has 4 N–H and O–H groups in total. The Bertz CT molecular complexity index is 303. The third-order valence-corrected chi connectivity index (χ3v) is 1.96. The zero-order valence-electron chi connectivity index (χ0n) is 9.49. The van der Waals surface area contributed by atoms with Crippen molar-refractivity contribution in [1.82, 2.24) is 10.3 Å². The molecule has 84 valence electrons. The summed E-state index contributed by atoms with van der Waals surface area (Å²) in [6, 6.07) is 3.47. The Hall–Kier alpha value is -1.13. The van der Waals surface area contributed by atoms with E-state index in [1.54, 1.807) is 12.3 Å². The van der Waals surface area contributed by atoms with Crippen LogP contribution >= 0.6 is 0 Å². The van der Waals surface area contributed by atoms with Gasteiger partial charge in [0, 0.05) is 5.54 Å². The highest BCUT2D eigenvalue weighted by Gasteiger charge is 2.18. The summed E-state index contributed by atoms with van der Waals surface area (Å²) in [6.45, 7) is 6.17. The second kappa shape index (κ2) is 4.59. The van der Waals surface area contributed by atoms with Gasteiger partial charge in [0.15, 0.2) is 0 Å². The van der Waals surface area contributed by atoms with Crippen LogP contribution in [0.25, 0.3) is 0 Å². The van der Waals surface area contributed by atoms with Gasteiger partial charge in [0.2, 0.25) is 0 Å². The minimum atomic E-state index is -0.148. The standard InChI is InChI=1S/C11H19N3O/c1-11(2,3)14-10(7-15)9-5-4-8(12)6-13-9/h4-6,10,14-15H,7,12H2,1-3H3. The number of nitrogens with two attached hydrogens (primary N) is 1. The van der Waals surface area contributed by atoms with Crippen LogP contribution < -0.4 is 11.1 Å². The molecule has 0 amide bonds. The average Bonchev–Trinajstić information content (AvgIpc) is 2.14. The Kier molecular flexibility index (Phi) is 3.66. The molecule has 1 heterocycles. The van der Waals surface area contributed by atoms with Crippen molar-refractivity contribution < 1.29 is 5.11 Å². The molecular weight excluding hydrogens is 190 g/mol. The quantitative estimate of drug-likeness (QED) is 0.696. The molecule has 0 aromatic carbocycles. The first-order chi connectivity index (χ1) is 6.92. The van der Waals surface area contributed by atoms with Gasteiger partial charge in [-0.2, -0.15) is 0 Å². The van der Waals surface area contributed by atoms with Crippen LogP contribution in [0, 0.1) is 0 Å². The topological polar surface area (TPSA) is 71.2 Å². The van der Waals surface area contributed by atoms with Gasteiger partial charge < -0.3 is 16.2 Å². The highest BCUT2D eigenvalue weighted by Crippen LogP contribution is 2.15. The lowest BCUT2D eigenvalue weighted by Gasteiger charge is -2.27. The molecule has 1 atom stereocenters. The summed E-state index contributed by atoms with van der Waals surface area (Å²) in [5.74, 6) is 0. The molecule has 0 radical (unpaired) electrons. The largest absolute Gasteiger partial charge is 0.397 e. The van der Waals surface area contributed by atoms with Crippen LogP contribution in [0.2, 0.25) is 0 Å². The maximum atomic E-state index is 9.28. The van der Waals surface area contributed by atoms with Gasteiger partial charge in [-0.3, -0.25) is 4.98 Å². The molecule has 4 nitrogen and oxygen atoms in total. The molecule has 1 aromatic rings. The zero-order chi connectivity index (χ0) is 11.5. The average molecular weight is 209 g/mol. The van der Waals surface area contributed by atoms with Crippen molar-refractivity contribution in [3.05, 3.63) is 24.0 Å². The lowest BCUT2D eigenvalue weighted by atomic mass is 10.1. The van der Waals surface area contributed by atoms with Crippen molar-refractivity contribution >= 4 is 5.69 Å². The van der Waals surface area contributed by atoms with E-state index >= 15 is 0 Å². The van der Waals surface area contributed by atoms with Crippen LogP contribution in [-0.4, -0.2) is 22.2 Å². The Balaban J connectivity index is 2.79. The van der Waals surface area contributed by atoms with E-state index in [-0.39, 0.29) is 18.2 Å². The lowest BCUT2D eigenvalue weighted by Crippen LogP contribution is -2.40. The molecule has 1 rings (SSSR count). The van der Waals surface area contributed by atoms with Gasteiger partial charge in [-0.15, -0.1) is 0 Å². The van der Waals surface area contributed by atoms with Crippen LogP contribution in [0.1, 0.15) is 32.5 Å². The third kappa shape index (κ3) is 3.85. The smallest absolute Gasteiger partial charge is 0.0733 e. The highest BCUT2D eigenvalue weighted by atomic mass is 16.3. The Morgan fingerprint density at radius 3 is 2.53 bits per heavy atom. The predicted octanol–water partition coefficient (Wildman–Crippen LogP) is 1.09. The molecule has 1 unspecified atom stereocenters. The van der Waals surface area contributed by atoms with Gasteiger partial charge >= 0.3 is 0 Å². The summed E-state index contributed by atoms with van der Waals surface area (Å²) >= 11 is 0. The first-order valence-corrected chi connectivity index (χ1v) is 5.02. The fourth-order valence-electron chi connectivity index (χ4n) is 1.36. The molecule has 0 aliphatic rings. The van der Waals surface area contributed by atoms with Crippen LogP contribution in [-0.2, 0) is 0 Å². The van der Waals surface area contributed by atoms with Gasteiger partial charge in [-0.25, -0.2) is 0 Å². The number of hydrogen-bond acceptors (Lipinski definition) is 4. The summed E-state index contributed by atoms with van der Waals surface area (Å²) in [6.07, 6.45) is 1.60. The number of aromatic nitrogens is 1. The molecule has 0 saturated heterocycles. The fourth-order valence-corrected chi connectivity index (χ4v) is 1.36. The number of hydrogen-bond donors (Lipinski definition) is 3. The molecule has 0 saturated carbocycles. The van der Waals surface area contributed by atoms with E-state index in [1.165, 1.54) is 0 Å². The third-order valence-electron chi connectivity index (χ3n) is 1.96. The highest BCUT2D eigenvalue weighted by molar-refractivity contribution is 5.35. The molecule has 15 heavy (non-hydrogen) atoms. The number of aliphatic hydroxyl groups excluding tert-OH is 1. The summed E-state index contributed by atoms with van der Waals surface area (Å²) in [5, 5.41) is 12.6. The Morgan fingerprint density at radius 1 is 1.47 bits per heavy atom. The number of rotatable bonds is 3. The molecule has 4 heteroatoms. The van der Waals surface area contributed by atoms with Crippen molar-refractivity contribution in [3.8, 4) is 0 Å². The van der Waals surface area contributed by atoms with E-state index in [4.69, 9.17) is 5.73 Å². The number of nitrogens with one attached hydrogen (secondary N) is 1. The maximum Gasteiger partial charge on any atom is 0.0733 e. The predicted molar refractivity (Wildman–Crippen MR) is 61.4 cm³/mol. The van der Waals surface area contributed by atoms with Crippen molar-refractivity contribution in [2.24, 2.45) is 0 Å². The molecule has 0 fully saturated rings. The summed E-state index contributed by atoms with van der Waals surface area (Å²) in [5.41, 5.74) is 6.93. The number of nitrogen functional groups attached to an aromatic ring is 1. The van der Waals surface area contributed by atoms with Gasteiger partial charge in [0.05, 0.1) is 30.2 Å². The Labute approximate surface area is 90.5 Å². The summed E-state index contributed by atoms with van der Waals surface area (Å²) < 4.78 is 0. The van der Waals surface area contributed by atoms with Crippen LogP contribution in [0.3, 0.4) is 0 Å². The van der Waals surface area contributed by atoms with Gasteiger partial charge in [-0.05, 0) is 32.9 Å². The van der Waals surface area contributed by atoms with Crippen LogP contribution in [0.15, 0.2) is 18.3 Å². The number of pyridine rings is 1. The van der Waals surface area contributed by atoms with Crippen molar-refractivity contribution in [1.29, 1.82) is 0 Å². The molecule has 0 bridgehead atoms. The monoisotopic (exact) mass is 209 g/mol. The molecular formula is C11H19N3O. The first kappa shape index (κ1) is 11.9. The van der Waals surface area contributed by atoms with Gasteiger partial charge in [0.1, 0.15) is 0 Å². The van der Waals surface area contributed by atoms with E-state index < -0.39 is 0 Å². The number of nitrogens with zero attached hydrogens (tertiary/aromatic N) is 1. The van der Waals surface area contributed by atoms with Crippen molar-refractivity contribution in [3.63, 3.8) is 0 Å². The molecule has 1 aromatic heterocycles. The van der Waals surface area contributed by atoms with E-state index in [2.05, 4.69) is 10.3 Å². The fraction of sp³-hybridized carbons (Fsp3) is 0.545. The molecule has 0 aliphatic heterocycles. The van der Waals surface area contributed by atoms with E-state index in [0.717, 1.165) is 5.69 Å². The van der Waals surface area contributed by atoms with Gasteiger partial charge in [-0.1, -0.05) is 0 Å². The van der Waals surface area contributed by atoms with E-state index in [1.807, 2.05) is 26.8 Å². The normalized spacial score (nSPS) is 13.9. The maximum absolute atomic E-state index is 9.28. The number of aliphatic hydroxyl groups is 1. The van der Waals surface area contributed by atoms with Crippen LogP contribution in [0.4, 0.5) is 5.69 Å². The lowest BCUT2D eigenvalue weighted by molar-refractivity contribution is 0.214. The van der Waals surface area contributed by atoms with Crippen molar-refractivity contribution in [2.75, 3.05) is 12.3 Å². The second-order valence-electron chi connectivity index (χ2n) is 4.65. The summed E-state index contributed by atoms with van der Waals surface area (Å²) in [4.78, 5) is 4.19. The number of anilines is 1. The second-order valence-corrected chi connectivity index (χ2v) is 4.65. The minimum absolute atomic E-state index is 0.0220. The minimum Gasteiger partial charge on any atom is -0.397 e. The zero-order valence-corrected chi connectivity index (χ0v) is 9.49. The molecule has 0 spiro atoms. The SMILES string of the molecule is CC(C)(C)NC(CO)c1ccc(N)cn1. The van der Waals surface area contributed by atoms with Gasteiger partial charge in [0.25, 0.3) is 0 Å². The molecule has 0 aliphatic carbocycles. The van der Waals surface area contributed by atoms with E-state index in [0.29, 0.717) is 5.69 Å². The van der Waals surface area contributed by atoms with E-state index in [9.17, 15) is 5.11 Å². The van der Waals surface area contributed by atoms with Crippen molar-refractivity contribution in [2.45, 2.75) is 32.4 Å². The summed E-state index contributed by atoms with van der Waals surface area (Å²) in [7, 11) is 0. The first-order valence-electron chi connectivity index (χ1n) is 5.02.